The van der Waals surface area contributed by atoms with Gasteiger partial charge in [0.15, 0.2) is 0 Å². The summed E-state index contributed by atoms with van der Waals surface area (Å²) in [6, 6.07) is -0.0765. The molecular weight excluding hydrogens is 252 g/mol. The van der Waals surface area contributed by atoms with Gasteiger partial charge in [-0.1, -0.05) is 6.92 Å². The lowest BCUT2D eigenvalue weighted by molar-refractivity contribution is -0.124. The molecule has 0 radical (unpaired) electrons. The molecule has 2 aliphatic rings. The summed E-state index contributed by atoms with van der Waals surface area (Å²) in [7, 11) is -2.85. The highest BCUT2D eigenvalue weighted by atomic mass is 32.2. The maximum absolute atomic E-state index is 12.1. The Balaban J connectivity index is 1.81. The van der Waals surface area contributed by atoms with Gasteiger partial charge in [0, 0.05) is 6.04 Å². The Bertz CT molecular complexity index is 394. The Labute approximate surface area is 109 Å². The van der Waals surface area contributed by atoms with E-state index in [1.165, 1.54) is 0 Å². The van der Waals surface area contributed by atoms with E-state index in [1.807, 2.05) is 0 Å². The van der Waals surface area contributed by atoms with Gasteiger partial charge in [0.1, 0.15) is 9.84 Å². The molecule has 5 nitrogen and oxygen atoms in total. The Kier molecular flexibility index (Phi) is 4.27. The third-order valence-electron chi connectivity index (χ3n) is 3.88. The van der Waals surface area contributed by atoms with Gasteiger partial charge in [0.2, 0.25) is 5.91 Å². The van der Waals surface area contributed by atoms with E-state index in [0.717, 1.165) is 19.4 Å². The van der Waals surface area contributed by atoms with Crippen LogP contribution in [0.25, 0.3) is 0 Å². The lowest BCUT2D eigenvalue weighted by Gasteiger charge is -2.30. The zero-order valence-electron chi connectivity index (χ0n) is 10.8. The number of amides is 1. The van der Waals surface area contributed by atoms with Crippen molar-refractivity contribution < 1.29 is 13.2 Å². The maximum Gasteiger partial charge on any atom is 0.237 e. The summed E-state index contributed by atoms with van der Waals surface area (Å²) >= 11 is 0. The number of hydrogen-bond donors (Lipinski definition) is 2. The van der Waals surface area contributed by atoms with Crippen LogP contribution in [0, 0.1) is 5.92 Å². The van der Waals surface area contributed by atoms with E-state index in [9.17, 15) is 13.2 Å². The van der Waals surface area contributed by atoms with Crippen molar-refractivity contribution in [1.29, 1.82) is 0 Å². The summed E-state index contributed by atoms with van der Waals surface area (Å²) in [6.07, 6.45) is 3.09. The van der Waals surface area contributed by atoms with Gasteiger partial charge < -0.3 is 10.6 Å². The number of piperidine rings is 1. The second kappa shape index (κ2) is 5.57. The van der Waals surface area contributed by atoms with E-state index in [4.69, 9.17) is 0 Å². The van der Waals surface area contributed by atoms with Crippen LogP contribution in [0.4, 0.5) is 0 Å². The molecule has 0 saturated carbocycles. The van der Waals surface area contributed by atoms with Crippen molar-refractivity contribution in [2.24, 2.45) is 5.92 Å². The molecule has 2 aliphatic heterocycles. The zero-order valence-corrected chi connectivity index (χ0v) is 11.6. The smallest absolute Gasteiger partial charge is 0.237 e. The first kappa shape index (κ1) is 13.8. The molecule has 2 atom stereocenters. The summed E-state index contributed by atoms with van der Waals surface area (Å²) in [4.78, 5) is 12.1. The van der Waals surface area contributed by atoms with Crippen LogP contribution in [0.15, 0.2) is 0 Å². The Hall–Kier alpha value is -0.620. The molecule has 18 heavy (non-hydrogen) atoms. The molecule has 2 N–H and O–H groups in total. The minimum atomic E-state index is -2.85. The summed E-state index contributed by atoms with van der Waals surface area (Å²) in [5.41, 5.74) is 0. The molecule has 0 spiro atoms. The lowest BCUT2D eigenvalue weighted by atomic mass is 9.93. The van der Waals surface area contributed by atoms with E-state index in [0.29, 0.717) is 18.8 Å². The molecule has 104 valence electrons. The van der Waals surface area contributed by atoms with E-state index < -0.39 is 9.84 Å². The number of carbonyl (C=O) groups is 1. The number of sulfone groups is 1. The highest BCUT2D eigenvalue weighted by Crippen LogP contribution is 2.16. The van der Waals surface area contributed by atoms with Crippen LogP contribution in [0.5, 0.6) is 0 Å². The fourth-order valence-corrected chi connectivity index (χ4v) is 4.13. The summed E-state index contributed by atoms with van der Waals surface area (Å²) in [6.45, 7) is 3.05. The van der Waals surface area contributed by atoms with Gasteiger partial charge in [-0.2, -0.15) is 0 Å². The van der Waals surface area contributed by atoms with E-state index in [2.05, 4.69) is 17.6 Å². The lowest BCUT2D eigenvalue weighted by Crippen LogP contribution is -2.52. The Morgan fingerprint density at radius 3 is 2.50 bits per heavy atom. The van der Waals surface area contributed by atoms with Gasteiger partial charge in [-0.25, -0.2) is 8.42 Å². The van der Waals surface area contributed by atoms with Crippen molar-refractivity contribution in [3.05, 3.63) is 0 Å². The van der Waals surface area contributed by atoms with Crippen molar-refractivity contribution in [2.45, 2.75) is 44.7 Å². The highest BCUT2D eigenvalue weighted by molar-refractivity contribution is 7.91. The van der Waals surface area contributed by atoms with Gasteiger partial charge in [0.05, 0.1) is 17.5 Å². The van der Waals surface area contributed by atoms with Gasteiger partial charge in [-0.15, -0.1) is 0 Å². The predicted molar refractivity (Wildman–Crippen MR) is 70.0 cm³/mol. The second-order valence-electron chi connectivity index (χ2n) is 5.57. The van der Waals surface area contributed by atoms with Crippen LogP contribution in [-0.2, 0) is 14.6 Å². The van der Waals surface area contributed by atoms with Gasteiger partial charge >= 0.3 is 0 Å². The first-order valence-electron chi connectivity index (χ1n) is 6.70. The first-order valence-corrected chi connectivity index (χ1v) is 8.52. The third kappa shape index (κ3) is 3.68. The van der Waals surface area contributed by atoms with Gasteiger partial charge in [0.25, 0.3) is 0 Å². The zero-order chi connectivity index (χ0) is 13.2. The standard InChI is InChI=1S/C12H22N2O3S/c1-9-2-5-13-11(8-9)12(15)14-10-3-6-18(16,17)7-4-10/h9-11,13H,2-8H2,1H3,(H,14,15). The van der Waals surface area contributed by atoms with Crippen LogP contribution in [0.3, 0.4) is 0 Å². The van der Waals surface area contributed by atoms with Crippen molar-refractivity contribution in [1.82, 2.24) is 10.6 Å². The number of nitrogens with one attached hydrogen (secondary N) is 2. The summed E-state index contributed by atoms with van der Waals surface area (Å²) < 4.78 is 22.6. The molecule has 2 heterocycles. The summed E-state index contributed by atoms with van der Waals surface area (Å²) in [5, 5.41) is 6.21. The fourth-order valence-electron chi connectivity index (χ4n) is 2.64. The van der Waals surface area contributed by atoms with Crippen LogP contribution >= 0.6 is 0 Å². The van der Waals surface area contributed by atoms with Crippen molar-refractivity contribution in [3.8, 4) is 0 Å². The summed E-state index contributed by atoms with van der Waals surface area (Å²) in [5.74, 6) is 1.01. The first-order chi connectivity index (χ1) is 8.46. The Morgan fingerprint density at radius 2 is 1.89 bits per heavy atom. The van der Waals surface area contributed by atoms with Crippen LogP contribution in [0.2, 0.25) is 0 Å². The van der Waals surface area contributed by atoms with Crippen molar-refractivity contribution >= 4 is 15.7 Å². The van der Waals surface area contributed by atoms with Crippen LogP contribution < -0.4 is 10.6 Å². The largest absolute Gasteiger partial charge is 0.352 e. The molecule has 0 aromatic rings. The van der Waals surface area contributed by atoms with Gasteiger partial charge in [-0.05, 0) is 38.1 Å². The van der Waals surface area contributed by atoms with E-state index >= 15 is 0 Å². The van der Waals surface area contributed by atoms with Gasteiger partial charge in [-0.3, -0.25) is 4.79 Å². The third-order valence-corrected chi connectivity index (χ3v) is 5.60. The molecule has 2 rings (SSSR count). The topological polar surface area (TPSA) is 75.3 Å². The minimum absolute atomic E-state index is 0.0278. The molecule has 0 aromatic heterocycles. The minimum Gasteiger partial charge on any atom is -0.352 e. The second-order valence-corrected chi connectivity index (χ2v) is 7.87. The molecule has 6 heteroatoms. The molecule has 0 aliphatic carbocycles. The fraction of sp³-hybridized carbons (Fsp3) is 0.917. The molecular formula is C12H22N2O3S. The average Bonchev–Trinajstić information content (AvgIpc) is 2.32. The van der Waals surface area contributed by atoms with Crippen LogP contribution in [0.1, 0.15) is 32.6 Å². The highest BCUT2D eigenvalue weighted by Gasteiger charge is 2.29. The monoisotopic (exact) mass is 274 g/mol. The van der Waals surface area contributed by atoms with E-state index in [1.54, 1.807) is 0 Å². The molecule has 2 saturated heterocycles. The maximum atomic E-state index is 12.1. The molecule has 2 fully saturated rings. The molecule has 0 bridgehead atoms. The molecule has 0 aromatic carbocycles. The van der Waals surface area contributed by atoms with Crippen LogP contribution in [-0.4, -0.2) is 44.5 Å². The SMILES string of the molecule is CC1CCNC(C(=O)NC2CCS(=O)(=O)CC2)C1. The molecule has 2 unspecified atom stereocenters. The van der Waals surface area contributed by atoms with Crippen molar-refractivity contribution in [3.63, 3.8) is 0 Å². The Morgan fingerprint density at radius 1 is 1.22 bits per heavy atom. The van der Waals surface area contributed by atoms with E-state index in [-0.39, 0.29) is 29.5 Å². The number of hydrogen-bond acceptors (Lipinski definition) is 4. The average molecular weight is 274 g/mol. The number of carbonyl (C=O) groups excluding carboxylic acids is 1. The van der Waals surface area contributed by atoms with Crippen molar-refractivity contribution in [2.75, 3.05) is 18.1 Å². The molecule has 1 amide bonds. The number of rotatable bonds is 2. The predicted octanol–water partition coefficient (Wildman–Crippen LogP) is 0.0679. The quantitative estimate of drug-likeness (QED) is 0.747. The normalized spacial score (nSPS) is 32.9.